The number of nitrogens with one attached hydrogen (secondary N) is 1. The first-order chi connectivity index (χ1) is 4.67. The zero-order chi connectivity index (χ0) is 7.61. The Morgan fingerprint density at radius 2 is 2.20 bits per heavy atom. The van der Waals surface area contributed by atoms with Crippen molar-refractivity contribution in [2.24, 2.45) is 11.3 Å². The summed E-state index contributed by atoms with van der Waals surface area (Å²) in [6, 6.07) is 0. The van der Waals surface area contributed by atoms with E-state index >= 15 is 0 Å². The van der Waals surface area contributed by atoms with Gasteiger partial charge in [-0.3, -0.25) is 0 Å². The average molecular weight is 141 g/mol. The third-order valence-electron chi connectivity index (χ3n) is 2.85. The van der Waals surface area contributed by atoms with Gasteiger partial charge in [-0.05, 0) is 24.3 Å². The molecule has 0 radical (unpaired) electrons. The van der Waals surface area contributed by atoms with Crippen molar-refractivity contribution in [2.45, 2.75) is 33.6 Å². The van der Waals surface area contributed by atoms with Crippen LogP contribution in [0.15, 0.2) is 0 Å². The van der Waals surface area contributed by atoms with Crippen molar-refractivity contribution in [3.8, 4) is 0 Å². The molecule has 1 N–H and O–H groups in total. The molecule has 1 heteroatoms. The van der Waals surface area contributed by atoms with Gasteiger partial charge in [0.15, 0.2) is 0 Å². The van der Waals surface area contributed by atoms with Crippen molar-refractivity contribution in [3.63, 3.8) is 0 Å². The average Bonchev–Trinajstić information content (AvgIpc) is 1.87. The maximum Gasteiger partial charge on any atom is 0.000518 e. The monoisotopic (exact) mass is 141 g/mol. The Kier molecular flexibility index (Phi) is 2.35. The predicted molar refractivity (Wildman–Crippen MR) is 45.0 cm³/mol. The van der Waals surface area contributed by atoms with E-state index in [4.69, 9.17) is 0 Å². The molecule has 0 amide bonds. The summed E-state index contributed by atoms with van der Waals surface area (Å²) in [6.45, 7) is 9.46. The van der Waals surface area contributed by atoms with E-state index in [-0.39, 0.29) is 0 Å². The molecular formula is C9H19N. The van der Waals surface area contributed by atoms with Crippen molar-refractivity contribution in [1.82, 2.24) is 5.32 Å². The first kappa shape index (κ1) is 8.06. The summed E-state index contributed by atoms with van der Waals surface area (Å²) in [5.74, 6) is 0.939. The Labute approximate surface area is 64.2 Å². The molecule has 0 bridgehead atoms. The maximum atomic E-state index is 3.44. The predicted octanol–water partition coefficient (Wildman–Crippen LogP) is 2.03. The summed E-state index contributed by atoms with van der Waals surface area (Å²) < 4.78 is 0. The van der Waals surface area contributed by atoms with E-state index in [9.17, 15) is 0 Å². The lowest BCUT2D eigenvalue weighted by molar-refractivity contribution is 0.151. The van der Waals surface area contributed by atoms with Crippen LogP contribution in [0.4, 0.5) is 0 Å². The van der Waals surface area contributed by atoms with Gasteiger partial charge < -0.3 is 5.32 Å². The smallest absolute Gasteiger partial charge is 0.000518 e. The topological polar surface area (TPSA) is 12.0 Å². The van der Waals surface area contributed by atoms with Gasteiger partial charge in [0.1, 0.15) is 0 Å². The summed E-state index contributed by atoms with van der Waals surface area (Å²) in [4.78, 5) is 0. The Bertz CT molecular complexity index is 107. The standard InChI is InChI=1S/C9H19N/c1-4-8-5-6-10-7-9(8,2)3/h8,10H,4-7H2,1-3H3/t8-/m1/s1. The largest absolute Gasteiger partial charge is 0.316 e. The van der Waals surface area contributed by atoms with Crippen LogP contribution in [0, 0.1) is 11.3 Å². The van der Waals surface area contributed by atoms with Crippen LogP contribution in [0.1, 0.15) is 33.6 Å². The van der Waals surface area contributed by atoms with Crippen molar-refractivity contribution in [3.05, 3.63) is 0 Å². The maximum absolute atomic E-state index is 3.44. The number of piperidine rings is 1. The molecule has 0 aromatic heterocycles. The van der Waals surface area contributed by atoms with Gasteiger partial charge in [0.25, 0.3) is 0 Å². The fraction of sp³-hybridized carbons (Fsp3) is 1.00. The quantitative estimate of drug-likeness (QED) is 0.589. The Hall–Kier alpha value is -0.0400. The molecule has 1 fully saturated rings. The fourth-order valence-electron chi connectivity index (χ4n) is 1.98. The summed E-state index contributed by atoms with van der Waals surface area (Å²) in [7, 11) is 0. The summed E-state index contributed by atoms with van der Waals surface area (Å²) in [6.07, 6.45) is 2.71. The molecule has 0 spiro atoms. The van der Waals surface area contributed by atoms with E-state index in [0.717, 1.165) is 5.92 Å². The molecule has 60 valence electrons. The lowest BCUT2D eigenvalue weighted by Gasteiger charge is -2.38. The highest BCUT2D eigenvalue weighted by Gasteiger charge is 2.30. The zero-order valence-electron chi connectivity index (χ0n) is 7.41. The number of hydrogen-bond donors (Lipinski definition) is 1. The SMILES string of the molecule is CC[C@@H]1CCNCC1(C)C. The van der Waals surface area contributed by atoms with Crippen LogP contribution in [0.3, 0.4) is 0 Å². The molecule has 1 aliphatic rings. The van der Waals surface area contributed by atoms with Gasteiger partial charge in [0.2, 0.25) is 0 Å². The van der Waals surface area contributed by atoms with Crippen LogP contribution in [0.25, 0.3) is 0 Å². The Morgan fingerprint density at radius 1 is 1.50 bits per heavy atom. The first-order valence-corrected chi connectivity index (χ1v) is 4.37. The molecule has 1 aliphatic heterocycles. The molecule has 1 nitrogen and oxygen atoms in total. The zero-order valence-corrected chi connectivity index (χ0v) is 7.41. The molecule has 1 saturated heterocycles. The van der Waals surface area contributed by atoms with Crippen molar-refractivity contribution >= 4 is 0 Å². The Balaban J connectivity index is 2.51. The van der Waals surface area contributed by atoms with Crippen LogP contribution in [-0.4, -0.2) is 13.1 Å². The van der Waals surface area contributed by atoms with Crippen molar-refractivity contribution in [2.75, 3.05) is 13.1 Å². The molecule has 0 aromatic rings. The third-order valence-corrected chi connectivity index (χ3v) is 2.85. The van der Waals surface area contributed by atoms with E-state index in [1.54, 1.807) is 0 Å². The highest BCUT2D eigenvalue weighted by atomic mass is 14.9. The highest BCUT2D eigenvalue weighted by Crippen LogP contribution is 2.33. The van der Waals surface area contributed by atoms with E-state index in [1.165, 1.54) is 25.9 Å². The van der Waals surface area contributed by atoms with Crippen LogP contribution in [0.2, 0.25) is 0 Å². The van der Waals surface area contributed by atoms with Crippen molar-refractivity contribution < 1.29 is 0 Å². The molecule has 0 aromatic carbocycles. The second-order valence-electron chi connectivity index (χ2n) is 4.06. The van der Waals surface area contributed by atoms with Crippen LogP contribution >= 0.6 is 0 Å². The molecule has 0 saturated carbocycles. The molecule has 1 atom stereocenters. The van der Waals surface area contributed by atoms with E-state index in [0.29, 0.717) is 5.41 Å². The minimum Gasteiger partial charge on any atom is -0.316 e. The van der Waals surface area contributed by atoms with E-state index < -0.39 is 0 Å². The molecule has 1 rings (SSSR count). The number of hydrogen-bond acceptors (Lipinski definition) is 1. The lowest BCUT2D eigenvalue weighted by Crippen LogP contribution is -2.42. The number of rotatable bonds is 1. The molecule has 0 aliphatic carbocycles. The van der Waals surface area contributed by atoms with Gasteiger partial charge >= 0.3 is 0 Å². The van der Waals surface area contributed by atoms with E-state index in [2.05, 4.69) is 26.1 Å². The molecule has 10 heavy (non-hydrogen) atoms. The van der Waals surface area contributed by atoms with Gasteiger partial charge in [-0.15, -0.1) is 0 Å². The molecule has 1 heterocycles. The second kappa shape index (κ2) is 2.91. The summed E-state index contributed by atoms with van der Waals surface area (Å²) in [5.41, 5.74) is 0.535. The van der Waals surface area contributed by atoms with Crippen LogP contribution < -0.4 is 5.32 Å². The minimum absolute atomic E-state index is 0.535. The van der Waals surface area contributed by atoms with Gasteiger partial charge in [-0.2, -0.15) is 0 Å². The normalized spacial score (nSPS) is 32.1. The van der Waals surface area contributed by atoms with E-state index in [1.807, 2.05) is 0 Å². The van der Waals surface area contributed by atoms with Gasteiger partial charge in [0, 0.05) is 6.54 Å². The molecular weight excluding hydrogens is 122 g/mol. The third kappa shape index (κ3) is 1.51. The van der Waals surface area contributed by atoms with Crippen molar-refractivity contribution in [1.29, 1.82) is 0 Å². The molecule has 0 unspecified atom stereocenters. The minimum atomic E-state index is 0.535. The summed E-state index contributed by atoms with van der Waals surface area (Å²) in [5, 5.41) is 3.44. The van der Waals surface area contributed by atoms with Gasteiger partial charge in [-0.1, -0.05) is 27.2 Å². The van der Waals surface area contributed by atoms with Crippen LogP contribution in [-0.2, 0) is 0 Å². The summed E-state index contributed by atoms with van der Waals surface area (Å²) >= 11 is 0. The lowest BCUT2D eigenvalue weighted by atomic mass is 9.73. The van der Waals surface area contributed by atoms with Crippen LogP contribution in [0.5, 0.6) is 0 Å². The van der Waals surface area contributed by atoms with Gasteiger partial charge in [0.05, 0.1) is 0 Å². The highest BCUT2D eigenvalue weighted by molar-refractivity contribution is 4.84. The fourth-order valence-corrected chi connectivity index (χ4v) is 1.98. The Morgan fingerprint density at radius 3 is 2.60 bits per heavy atom. The second-order valence-corrected chi connectivity index (χ2v) is 4.06. The van der Waals surface area contributed by atoms with Gasteiger partial charge in [-0.25, -0.2) is 0 Å². The first-order valence-electron chi connectivity index (χ1n) is 4.37.